The number of methoxy groups -OCH3 is 1. The molecule has 11 N–H and O–H groups in total. The van der Waals surface area contributed by atoms with Gasteiger partial charge in [-0.15, -0.1) is 0 Å². The van der Waals surface area contributed by atoms with Crippen LogP contribution in [0.1, 0.15) is 113 Å². The molecule has 4 aliphatic carbocycles. The zero-order chi connectivity index (χ0) is 64.1. The van der Waals surface area contributed by atoms with Crippen molar-refractivity contribution in [3.63, 3.8) is 0 Å². The number of hydrogen-bond donors (Lipinski definition) is 11. The van der Waals surface area contributed by atoms with E-state index in [-0.39, 0.29) is 58.7 Å². The fourth-order valence-electron chi connectivity index (χ4n) is 17.3. The maximum Gasteiger partial charge on any atom is 1.00 e. The molecular weight excluding hydrogens is 1210 g/mol. The minimum atomic E-state index is -5.50. The molecule has 89 heavy (non-hydrogen) atoms. The van der Waals surface area contributed by atoms with Crippen LogP contribution in [0.4, 0.5) is 0 Å². The molecule has 0 radical (unpaired) electrons. The second-order valence-electron chi connectivity index (χ2n) is 27.6. The summed E-state index contributed by atoms with van der Waals surface area (Å²) in [6.45, 7) is 13.5. The summed E-state index contributed by atoms with van der Waals surface area (Å²) in [4.78, 5) is 14.5. The van der Waals surface area contributed by atoms with Crippen LogP contribution in [0.3, 0.4) is 0 Å². The molecule has 0 aromatic carbocycles. The van der Waals surface area contributed by atoms with Crippen LogP contribution in [-0.2, 0) is 76.2 Å². The van der Waals surface area contributed by atoms with Gasteiger partial charge < -0.3 is 118 Å². The van der Waals surface area contributed by atoms with Crippen LogP contribution >= 0.6 is 0 Å². The van der Waals surface area contributed by atoms with E-state index in [0.717, 1.165) is 32.1 Å². The Kier molecular flexibility index (Phi) is 22.3. The van der Waals surface area contributed by atoms with E-state index in [4.69, 9.17) is 61.0 Å². The number of hydrogen-bond acceptors (Lipinski definition) is 28. The Morgan fingerprint density at radius 3 is 1.89 bits per heavy atom. The van der Waals surface area contributed by atoms with E-state index < -0.39 is 206 Å². The Morgan fingerprint density at radius 1 is 0.663 bits per heavy atom. The molecule has 6 aliphatic heterocycles. The van der Waals surface area contributed by atoms with E-state index in [1.807, 2.05) is 0 Å². The van der Waals surface area contributed by atoms with Gasteiger partial charge in [-0.25, -0.2) is 8.42 Å². The van der Waals surface area contributed by atoms with E-state index in [1.165, 1.54) is 25.2 Å². The van der Waals surface area contributed by atoms with Gasteiger partial charge in [0.2, 0.25) is 10.4 Å². The zero-order valence-electron chi connectivity index (χ0n) is 52.2. The molecule has 3 saturated carbocycles. The Balaban J connectivity index is 0.00000941. The number of allylic oxidation sites excluding steroid dienone is 4. The van der Waals surface area contributed by atoms with Gasteiger partial charge in [0.1, 0.15) is 109 Å². The van der Waals surface area contributed by atoms with Gasteiger partial charge in [0.25, 0.3) is 0 Å². The number of carbonyl (C=O) groups is 1. The van der Waals surface area contributed by atoms with Crippen LogP contribution in [0.25, 0.3) is 0 Å². The van der Waals surface area contributed by atoms with Crippen LogP contribution in [0.5, 0.6) is 0 Å². The Labute approximate surface area is 540 Å². The number of cyclic esters (lactones) is 1. The van der Waals surface area contributed by atoms with E-state index in [1.54, 1.807) is 0 Å². The predicted molar refractivity (Wildman–Crippen MR) is 296 cm³/mol. The first kappa shape index (κ1) is 72.2. The summed E-state index contributed by atoms with van der Waals surface area (Å²) in [5.74, 6) is 0.117. The van der Waals surface area contributed by atoms with Crippen LogP contribution in [0.2, 0.25) is 0 Å². The van der Waals surface area contributed by atoms with E-state index >= 15 is 0 Å². The summed E-state index contributed by atoms with van der Waals surface area (Å²) in [7, 11) is -4.33. The van der Waals surface area contributed by atoms with Crippen molar-refractivity contribution < 1.29 is 165 Å². The molecule has 0 amide bonds. The summed E-state index contributed by atoms with van der Waals surface area (Å²) in [6.07, 6.45) is -30.2. The first-order valence-corrected chi connectivity index (χ1v) is 32.2. The largest absolute Gasteiger partial charge is 1.00 e. The monoisotopic (exact) mass is 1300 g/mol. The summed E-state index contributed by atoms with van der Waals surface area (Å²) in [5, 5.41) is 122. The summed E-state index contributed by atoms with van der Waals surface area (Å²) >= 11 is 0. The summed E-state index contributed by atoms with van der Waals surface area (Å²) in [5.41, 5.74) is -0.00333. The van der Waals surface area contributed by atoms with Crippen LogP contribution in [0.15, 0.2) is 23.3 Å². The minimum Gasteiger partial charge on any atom is -0.726 e. The smallest absolute Gasteiger partial charge is 0.726 e. The fourth-order valence-corrected chi connectivity index (χ4v) is 17.8. The molecule has 504 valence electrons. The Bertz CT molecular complexity index is 2630. The molecule has 28 nitrogen and oxygen atoms in total. The van der Waals surface area contributed by atoms with E-state index in [9.17, 15) is 73.9 Å². The second kappa shape index (κ2) is 27.5. The van der Waals surface area contributed by atoms with Crippen molar-refractivity contribution in [3.8, 4) is 0 Å². The number of ether oxygens (including phenoxy) is 12. The molecular formula is C59H93NaO28S. The maximum atomic E-state index is 14.5. The normalized spacial score (nSPS) is 50.5. The Morgan fingerprint density at radius 2 is 1.26 bits per heavy atom. The third kappa shape index (κ3) is 13.0. The predicted octanol–water partition coefficient (Wildman–Crippen LogP) is -4.44. The summed E-state index contributed by atoms with van der Waals surface area (Å²) < 4.78 is 114. The molecule has 30 heteroatoms. The zero-order valence-corrected chi connectivity index (χ0v) is 55.0. The maximum absolute atomic E-state index is 14.5. The van der Waals surface area contributed by atoms with Gasteiger partial charge in [0, 0.05) is 18.4 Å². The molecule has 0 aromatic rings. The van der Waals surface area contributed by atoms with Crippen molar-refractivity contribution in [3.05, 3.63) is 23.3 Å². The Hall–Kier alpha value is -1.06. The van der Waals surface area contributed by atoms with Gasteiger partial charge in [-0.2, -0.15) is 0 Å². The van der Waals surface area contributed by atoms with Gasteiger partial charge in [-0.3, -0.25) is 8.98 Å². The topological polar surface area (TPSA) is 417 Å². The fraction of sp³-hybridized carbons (Fsp3) is 0.915. The van der Waals surface area contributed by atoms with Crippen molar-refractivity contribution >= 4 is 16.4 Å². The number of aliphatic hydroxyl groups excluding tert-OH is 11. The molecule has 2 unspecified atom stereocenters. The number of fused-ring (bicyclic) bond motifs is 4. The minimum absolute atomic E-state index is 0. The van der Waals surface area contributed by atoms with E-state index in [2.05, 4.69) is 60.6 Å². The molecule has 6 heterocycles. The van der Waals surface area contributed by atoms with Crippen molar-refractivity contribution in [1.29, 1.82) is 0 Å². The van der Waals surface area contributed by atoms with Crippen molar-refractivity contribution in [2.24, 2.45) is 39.4 Å². The van der Waals surface area contributed by atoms with Gasteiger partial charge in [0.15, 0.2) is 31.5 Å². The third-order valence-corrected chi connectivity index (χ3v) is 22.5. The van der Waals surface area contributed by atoms with Gasteiger partial charge in [-0.05, 0) is 108 Å². The molecule has 9 fully saturated rings. The number of aliphatic hydroxyl groups is 11. The SMILES string of the molecule is CO[C@@H]1[C@@H](O)[C@H](O[C@@H]2[C@@H](O)[C@H](O[C@H]3[C@H](O)[C@@H](O[C@@H]4OC[C@@H](O)[C@H](O)[C@H]4O)[C@H](O[C@H]4[C@H](OC5CC[C@@]6(C)C(CC=C7[C@@H]6CC[C@]68C(=O)O[C@@](C)(CCC=C(C)C)[C@H]6CC[C@@]78C)C5(C)C)OC[C@@H](OS(=O)(=O)[O-])[C@@H]4O)O[C@@H]3C)O[C@H](CO)[C@H]2O)O[C@H](CO)[C@H]1O.[Na+]. The molecule has 10 rings (SSSR count). The molecule has 6 saturated heterocycles. The van der Waals surface area contributed by atoms with E-state index in [0.29, 0.717) is 25.7 Å². The standard InChI is InChI=1S/C59H94O28S.Na/c1-25(2)11-10-17-58(8)34-15-19-57(7)28-12-13-33-55(4,5)35(16-18-56(33,6)27(28)14-20-59(34,57)54(71)86-58)81-52-47(39(66)32(24-77-52)87-88(72,73)74)85-53-48(84-49-40(67)36(63)29(62)23-76-49)41(68)44(26(3)78-53)82-51-43(70)46(38(65)31(22-61)80-51)83-50-42(69)45(75-9)37(64)30(21-60)79-50;/h11-12,26-27,29-53,60-70H,10,13-24H2,1-9H3,(H,72,73,74);/q;+1/p-1/t26-,27+,29-,30-,31-,32-,33?,34-,35?,36+,37-,38-,39+,40-,41+,42-,43-,44-,45+,46+,47-,48-,49+,50+,51+,52+,53+,56-,57+,58+,59-;/m1./s1. The molecule has 0 aromatic heterocycles. The van der Waals surface area contributed by atoms with Crippen LogP contribution in [-0.4, -0.2) is 262 Å². The molecule has 31 atom stereocenters. The van der Waals surface area contributed by atoms with Crippen molar-refractivity contribution in [1.82, 2.24) is 0 Å². The van der Waals surface area contributed by atoms with Crippen LogP contribution in [0, 0.1) is 39.4 Å². The first-order valence-electron chi connectivity index (χ1n) is 30.9. The quantitative estimate of drug-likeness (QED) is 0.0203. The van der Waals surface area contributed by atoms with Gasteiger partial charge in [0.05, 0.1) is 44.1 Å². The second-order valence-corrected chi connectivity index (χ2v) is 28.7. The summed E-state index contributed by atoms with van der Waals surface area (Å²) in [6, 6.07) is 0. The first-order chi connectivity index (χ1) is 41.3. The van der Waals surface area contributed by atoms with Gasteiger partial charge >= 0.3 is 35.5 Å². The van der Waals surface area contributed by atoms with Gasteiger partial charge in [-0.1, -0.05) is 51.0 Å². The van der Waals surface area contributed by atoms with Crippen molar-refractivity contribution in [2.45, 2.75) is 266 Å². The van der Waals surface area contributed by atoms with Crippen LogP contribution < -0.4 is 29.6 Å². The number of esters is 1. The molecule has 10 aliphatic rings. The average Bonchev–Trinajstić information content (AvgIpc) is 1.55. The average molecular weight is 1310 g/mol. The molecule has 1 spiro atoms. The third-order valence-electron chi connectivity index (χ3n) is 22.1. The number of rotatable bonds is 18. The number of carbonyl (C=O) groups excluding carboxylic acids is 1. The molecule has 0 bridgehead atoms. The van der Waals surface area contributed by atoms with Crippen molar-refractivity contribution in [2.75, 3.05) is 33.5 Å².